The quantitative estimate of drug-likeness (QED) is 0.572. The van der Waals surface area contributed by atoms with Crippen molar-refractivity contribution in [1.82, 2.24) is 4.90 Å². The van der Waals surface area contributed by atoms with Crippen molar-refractivity contribution in [2.45, 2.75) is 39.4 Å². The molecule has 0 aromatic rings. The average Bonchev–Trinajstić information content (AvgIpc) is 3.04. The van der Waals surface area contributed by atoms with E-state index in [0.29, 0.717) is 25.6 Å². The third-order valence-corrected chi connectivity index (χ3v) is 4.60. The van der Waals surface area contributed by atoms with Gasteiger partial charge >= 0.3 is 5.97 Å². The number of fused-ring (bicyclic) bond motifs is 1. The predicted molar refractivity (Wildman–Crippen MR) is 80.9 cm³/mol. The van der Waals surface area contributed by atoms with Crippen LogP contribution in [-0.2, 0) is 19.1 Å². The number of likely N-dealkylation sites (tertiary alicyclic amines) is 1. The molecule has 1 amide bonds. The van der Waals surface area contributed by atoms with E-state index in [1.165, 1.54) is 0 Å². The van der Waals surface area contributed by atoms with E-state index in [4.69, 9.17) is 9.47 Å². The lowest BCUT2D eigenvalue weighted by Gasteiger charge is -2.23. The van der Waals surface area contributed by atoms with Gasteiger partial charge in [-0.1, -0.05) is 39.8 Å². The molecular formula is C17H25NO4. The summed E-state index contributed by atoms with van der Waals surface area (Å²) in [4.78, 5) is 27.0. The molecule has 1 spiro atoms. The zero-order valence-corrected chi connectivity index (χ0v) is 13.7. The zero-order valence-electron chi connectivity index (χ0n) is 13.7. The molecule has 5 heteroatoms. The minimum absolute atomic E-state index is 0.0343. The van der Waals surface area contributed by atoms with E-state index in [2.05, 4.69) is 13.8 Å². The second kappa shape index (κ2) is 5.37. The molecule has 0 N–H and O–H groups in total. The molecule has 2 saturated heterocycles. The molecule has 0 radical (unpaired) electrons. The van der Waals surface area contributed by atoms with Crippen molar-refractivity contribution in [2.75, 3.05) is 19.7 Å². The van der Waals surface area contributed by atoms with E-state index in [9.17, 15) is 9.59 Å². The van der Waals surface area contributed by atoms with Crippen molar-refractivity contribution in [2.24, 2.45) is 23.7 Å². The van der Waals surface area contributed by atoms with Crippen LogP contribution < -0.4 is 0 Å². The lowest BCUT2D eigenvalue weighted by Crippen LogP contribution is -2.40. The van der Waals surface area contributed by atoms with Crippen molar-refractivity contribution in [3.8, 4) is 0 Å². The van der Waals surface area contributed by atoms with Gasteiger partial charge in [-0.25, -0.2) is 0 Å². The topological polar surface area (TPSA) is 55.8 Å². The average molecular weight is 307 g/mol. The lowest BCUT2D eigenvalue weighted by molar-refractivity contribution is -0.154. The molecule has 3 heterocycles. The first-order chi connectivity index (χ1) is 10.3. The standard InChI is InChI=1S/C17H25NO4/c1-10(2)7-18-9-17-6-5-12(22-17)13(14(17)15(18)19)16(20)21-8-11(3)4/h5-6,10-14H,7-9H2,1-4H3/t12-,13+,14-,17+/m1/s1. The first kappa shape index (κ1) is 15.5. The number of amides is 1. The molecule has 22 heavy (non-hydrogen) atoms. The molecule has 0 aliphatic carbocycles. The number of nitrogens with zero attached hydrogens (tertiary/aromatic N) is 1. The summed E-state index contributed by atoms with van der Waals surface area (Å²) in [5.74, 6) is -0.493. The summed E-state index contributed by atoms with van der Waals surface area (Å²) in [5, 5.41) is 0. The molecule has 5 nitrogen and oxygen atoms in total. The minimum atomic E-state index is -0.613. The Balaban J connectivity index is 1.79. The Kier molecular flexibility index (Phi) is 3.79. The van der Waals surface area contributed by atoms with Crippen LogP contribution in [0.4, 0.5) is 0 Å². The van der Waals surface area contributed by atoms with E-state index in [1.807, 2.05) is 30.9 Å². The van der Waals surface area contributed by atoms with Crippen LogP contribution in [0.1, 0.15) is 27.7 Å². The van der Waals surface area contributed by atoms with E-state index >= 15 is 0 Å². The van der Waals surface area contributed by atoms with Crippen molar-refractivity contribution in [3.05, 3.63) is 12.2 Å². The Morgan fingerprint density at radius 1 is 1.41 bits per heavy atom. The molecule has 0 unspecified atom stereocenters. The van der Waals surface area contributed by atoms with Crippen molar-refractivity contribution in [3.63, 3.8) is 0 Å². The molecule has 122 valence electrons. The molecule has 2 fully saturated rings. The van der Waals surface area contributed by atoms with Gasteiger partial charge in [0, 0.05) is 6.54 Å². The molecule has 3 rings (SSSR count). The highest BCUT2D eigenvalue weighted by Gasteiger charge is 2.67. The molecule has 2 bridgehead atoms. The SMILES string of the molecule is CC(C)COC(=O)[C@H]1[C@H]2C=C[C@@]3(CN(CC(C)C)C(=O)[C@@H]13)O2. The van der Waals surface area contributed by atoms with Crippen LogP contribution in [-0.4, -0.2) is 48.2 Å². The molecule has 0 saturated carbocycles. The Morgan fingerprint density at radius 3 is 2.77 bits per heavy atom. The van der Waals surface area contributed by atoms with Crippen LogP contribution in [0.25, 0.3) is 0 Å². The second-order valence-electron chi connectivity index (χ2n) is 7.54. The van der Waals surface area contributed by atoms with E-state index in [1.54, 1.807) is 0 Å². The fourth-order valence-corrected chi connectivity index (χ4v) is 3.79. The largest absolute Gasteiger partial charge is 0.465 e. The molecule has 4 atom stereocenters. The van der Waals surface area contributed by atoms with Gasteiger partial charge in [-0.2, -0.15) is 0 Å². The Morgan fingerprint density at radius 2 is 2.14 bits per heavy atom. The van der Waals surface area contributed by atoms with Crippen LogP contribution in [0.3, 0.4) is 0 Å². The van der Waals surface area contributed by atoms with Gasteiger partial charge in [-0.05, 0) is 11.8 Å². The molecule has 0 aromatic heterocycles. The highest BCUT2D eigenvalue weighted by atomic mass is 16.6. The zero-order chi connectivity index (χ0) is 16.1. The lowest BCUT2D eigenvalue weighted by atomic mass is 9.77. The van der Waals surface area contributed by atoms with E-state index < -0.39 is 17.4 Å². The highest BCUT2D eigenvalue weighted by Crippen LogP contribution is 2.52. The molecular weight excluding hydrogens is 282 g/mol. The maximum Gasteiger partial charge on any atom is 0.312 e. The first-order valence-corrected chi connectivity index (χ1v) is 8.16. The summed E-state index contributed by atoms with van der Waals surface area (Å²) in [5.41, 5.74) is -0.613. The molecule has 3 aliphatic rings. The van der Waals surface area contributed by atoms with Gasteiger partial charge < -0.3 is 14.4 Å². The predicted octanol–water partition coefficient (Wildman–Crippen LogP) is 1.62. The van der Waals surface area contributed by atoms with Gasteiger partial charge in [-0.15, -0.1) is 0 Å². The Hall–Kier alpha value is -1.36. The maximum atomic E-state index is 12.8. The number of carbonyl (C=O) groups excluding carboxylic acids is 2. The maximum absolute atomic E-state index is 12.8. The first-order valence-electron chi connectivity index (χ1n) is 8.16. The van der Waals surface area contributed by atoms with Crippen LogP contribution in [0.2, 0.25) is 0 Å². The minimum Gasteiger partial charge on any atom is -0.465 e. The number of rotatable bonds is 5. The van der Waals surface area contributed by atoms with Gasteiger partial charge in [0.05, 0.1) is 25.2 Å². The number of hydrogen-bond donors (Lipinski definition) is 0. The fraction of sp³-hybridized carbons (Fsp3) is 0.765. The van der Waals surface area contributed by atoms with Crippen molar-refractivity contribution < 1.29 is 19.1 Å². The van der Waals surface area contributed by atoms with Gasteiger partial charge in [0.1, 0.15) is 11.5 Å². The summed E-state index contributed by atoms with van der Waals surface area (Å²) in [6.45, 7) is 9.80. The monoisotopic (exact) mass is 307 g/mol. The van der Waals surface area contributed by atoms with Crippen LogP contribution in [0.5, 0.6) is 0 Å². The van der Waals surface area contributed by atoms with E-state index in [0.717, 1.165) is 0 Å². The normalized spacial score (nSPS) is 35.8. The number of carbonyl (C=O) groups is 2. The third-order valence-electron chi connectivity index (χ3n) is 4.60. The van der Waals surface area contributed by atoms with Crippen molar-refractivity contribution >= 4 is 11.9 Å². The highest BCUT2D eigenvalue weighted by molar-refractivity contribution is 5.91. The van der Waals surface area contributed by atoms with E-state index in [-0.39, 0.29) is 23.9 Å². The summed E-state index contributed by atoms with van der Waals surface area (Å²) in [7, 11) is 0. The second-order valence-corrected chi connectivity index (χ2v) is 7.54. The Labute approximate surface area is 131 Å². The summed E-state index contributed by atoms with van der Waals surface area (Å²) in [6.07, 6.45) is 3.59. The van der Waals surface area contributed by atoms with Gasteiger partial charge in [0.25, 0.3) is 0 Å². The van der Waals surface area contributed by atoms with Crippen LogP contribution in [0.15, 0.2) is 12.2 Å². The number of esters is 1. The summed E-state index contributed by atoms with van der Waals surface area (Å²) >= 11 is 0. The van der Waals surface area contributed by atoms with Crippen molar-refractivity contribution in [1.29, 1.82) is 0 Å². The number of ether oxygens (including phenoxy) is 2. The fourth-order valence-electron chi connectivity index (χ4n) is 3.79. The van der Waals surface area contributed by atoms with Gasteiger partial charge in [0.15, 0.2) is 0 Å². The van der Waals surface area contributed by atoms with Gasteiger partial charge in [-0.3, -0.25) is 9.59 Å². The molecule has 3 aliphatic heterocycles. The van der Waals surface area contributed by atoms with Gasteiger partial charge in [0.2, 0.25) is 5.91 Å². The summed E-state index contributed by atoms with van der Waals surface area (Å²) < 4.78 is 11.4. The van der Waals surface area contributed by atoms with Crippen LogP contribution in [0, 0.1) is 23.7 Å². The molecule has 0 aromatic carbocycles. The van der Waals surface area contributed by atoms with Crippen LogP contribution >= 0.6 is 0 Å². The Bertz CT molecular complexity index is 513. The number of hydrogen-bond acceptors (Lipinski definition) is 4. The third kappa shape index (κ3) is 2.35. The summed E-state index contributed by atoms with van der Waals surface area (Å²) in [6, 6.07) is 0. The smallest absolute Gasteiger partial charge is 0.312 e.